The normalized spacial score (nSPS) is 71.1. The molecule has 3 spiro atoms. The van der Waals surface area contributed by atoms with Gasteiger partial charge in [-0.25, -0.2) is 0 Å². The first-order valence-electron chi connectivity index (χ1n) is 4.75. The fourth-order valence-corrected chi connectivity index (χ4v) is 4.19. The average Bonchev–Trinajstić information content (AvgIpc) is 2.63. The van der Waals surface area contributed by atoms with E-state index >= 15 is 0 Å². The van der Waals surface area contributed by atoms with Gasteiger partial charge in [0.15, 0.2) is 0 Å². The Balaban J connectivity index is 1.77. The number of rotatable bonds is 0. The highest BCUT2D eigenvalue weighted by Gasteiger charge is 2.94. The van der Waals surface area contributed by atoms with Gasteiger partial charge in [-0.3, -0.25) is 0 Å². The van der Waals surface area contributed by atoms with Crippen molar-refractivity contribution in [3.05, 3.63) is 0 Å². The molecule has 4 aliphatic carbocycles. The molecule has 10 heavy (non-hydrogen) atoms. The van der Waals surface area contributed by atoms with Crippen molar-refractivity contribution in [3.63, 3.8) is 0 Å². The Bertz CT molecular complexity index is 238. The van der Waals surface area contributed by atoms with Gasteiger partial charge in [0.1, 0.15) is 0 Å². The summed E-state index contributed by atoms with van der Waals surface area (Å²) >= 11 is 0. The molecule has 0 nitrogen and oxygen atoms in total. The number of fused-ring (bicyclic) bond motifs is 2. The van der Waals surface area contributed by atoms with Crippen molar-refractivity contribution >= 4 is 0 Å². The summed E-state index contributed by atoms with van der Waals surface area (Å²) < 4.78 is 0. The van der Waals surface area contributed by atoms with E-state index in [1.165, 1.54) is 0 Å². The highest BCUT2D eigenvalue weighted by Crippen LogP contribution is 3.02. The van der Waals surface area contributed by atoms with E-state index in [4.69, 9.17) is 0 Å². The summed E-state index contributed by atoms with van der Waals surface area (Å²) in [5.74, 6) is 1.12. The molecule has 0 aromatic rings. The van der Waals surface area contributed by atoms with Crippen LogP contribution in [0.3, 0.4) is 0 Å². The molecule has 0 aromatic carbocycles. The minimum atomic E-state index is 0.962. The molecule has 4 aliphatic rings. The second-order valence-corrected chi connectivity index (χ2v) is 5.48. The van der Waals surface area contributed by atoms with Gasteiger partial charge < -0.3 is 0 Å². The Hall–Kier alpha value is 0. The molecule has 0 aromatic heterocycles. The summed E-state index contributed by atoms with van der Waals surface area (Å²) in [7, 11) is 0. The van der Waals surface area contributed by atoms with Crippen molar-refractivity contribution in [2.45, 2.75) is 39.0 Å². The van der Waals surface area contributed by atoms with Gasteiger partial charge in [0.25, 0.3) is 0 Å². The minimum absolute atomic E-state index is 0.962. The van der Waals surface area contributed by atoms with Gasteiger partial charge >= 0.3 is 0 Å². The molecular formula is C10H14. The molecule has 54 valence electrons. The summed E-state index contributed by atoms with van der Waals surface area (Å²) in [5.41, 5.74) is 2.93. The molecule has 0 heterocycles. The van der Waals surface area contributed by atoms with E-state index in [0.717, 1.165) is 22.2 Å². The Labute approximate surface area is 62.0 Å². The third-order valence-electron chi connectivity index (χ3n) is 5.28. The van der Waals surface area contributed by atoms with Crippen LogP contribution in [0.4, 0.5) is 0 Å². The smallest absolute Gasteiger partial charge is 0.0170 e. The second kappa shape index (κ2) is 0.852. The van der Waals surface area contributed by atoms with Crippen molar-refractivity contribution in [2.75, 3.05) is 0 Å². The first kappa shape index (κ1) is 4.79. The molecule has 0 aliphatic heterocycles. The first-order chi connectivity index (χ1) is 4.75. The van der Waals surface area contributed by atoms with E-state index in [2.05, 4.69) is 6.92 Å². The monoisotopic (exact) mass is 134 g/mol. The highest BCUT2D eigenvalue weighted by atomic mass is 15.0. The van der Waals surface area contributed by atoms with Crippen LogP contribution in [0.25, 0.3) is 0 Å². The molecule has 0 saturated heterocycles. The van der Waals surface area contributed by atoms with Crippen LogP contribution in [0, 0.1) is 22.2 Å². The summed E-state index contributed by atoms with van der Waals surface area (Å²) in [6.07, 6.45) is 8.07. The van der Waals surface area contributed by atoms with Crippen molar-refractivity contribution in [1.82, 2.24) is 0 Å². The molecule has 4 fully saturated rings. The van der Waals surface area contributed by atoms with Crippen LogP contribution in [0.5, 0.6) is 0 Å². The summed E-state index contributed by atoms with van der Waals surface area (Å²) in [6.45, 7) is 2.46. The van der Waals surface area contributed by atoms with E-state index in [9.17, 15) is 0 Å². The topological polar surface area (TPSA) is 0 Å². The van der Waals surface area contributed by atoms with Crippen molar-refractivity contribution in [1.29, 1.82) is 0 Å². The maximum Gasteiger partial charge on any atom is -0.0170 e. The number of hydrogen-bond acceptors (Lipinski definition) is 0. The van der Waals surface area contributed by atoms with Crippen LogP contribution < -0.4 is 0 Å². The predicted octanol–water partition coefficient (Wildman–Crippen LogP) is 2.59. The molecule has 3 atom stereocenters. The Morgan fingerprint density at radius 1 is 1.20 bits per heavy atom. The maximum absolute atomic E-state index is 2.46. The fraction of sp³-hybridized carbons (Fsp3) is 1.00. The van der Waals surface area contributed by atoms with E-state index in [1.54, 1.807) is 32.1 Å². The lowest BCUT2D eigenvalue weighted by Crippen LogP contribution is -1.84. The van der Waals surface area contributed by atoms with Gasteiger partial charge in [-0.2, -0.15) is 0 Å². The summed E-state index contributed by atoms with van der Waals surface area (Å²) in [5, 5.41) is 0. The van der Waals surface area contributed by atoms with E-state index in [0.29, 0.717) is 0 Å². The Morgan fingerprint density at radius 3 is 2.20 bits per heavy atom. The Kier molecular flexibility index (Phi) is 0.408. The highest BCUT2D eigenvalue weighted by molar-refractivity contribution is 5.43. The predicted molar refractivity (Wildman–Crippen MR) is 39.5 cm³/mol. The zero-order valence-corrected chi connectivity index (χ0v) is 6.61. The third-order valence-corrected chi connectivity index (χ3v) is 5.28. The molecule has 0 radical (unpaired) electrons. The molecular weight excluding hydrogens is 120 g/mol. The maximum atomic E-state index is 2.46. The van der Waals surface area contributed by atoms with Gasteiger partial charge in [0.2, 0.25) is 0 Å². The lowest BCUT2D eigenvalue weighted by atomic mass is 10.2. The molecule has 0 bridgehead atoms. The standard InChI is InChI=1S/C10H14/c1-7-4-9(7)6-10(9)5-8(10)2-3-8/h7H,2-6H2,1H3. The van der Waals surface area contributed by atoms with Crippen molar-refractivity contribution in [2.24, 2.45) is 22.2 Å². The summed E-state index contributed by atoms with van der Waals surface area (Å²) in [4.78, 5) is 0. The van der Waals surface area contributed by atoms with Gasteiger partial charge in [-0.1, -0.05) is 6.92 Å². The van der Waals surface area contributed by atoms with Gasteiger partial charge in [-0.15, -0.1) is 0 Å². The van der Waals surface area contributed by atoms with Crippen LogP contribution >= 0.6 is 0 Å². The van der Waals surface area contributed by atoms with E-state index in [1.807, 2.05) is 0 Å². The molecule has 0 amide bonds. The second-order valence-electron chi connectivity index (χ2n) is 5.48. The van der Waals surface area contributed by atoms with Crippen LogP contribution in [-0.4, -0.2) is 0 Å². The van der Waals surface area contributed by atoms with Crippen molar-refractivity contribution < 1.29 is 0 Å². The first-order valence-corrected chi connectivity index (χ1v) is 4.75. The van der Waals surface area contributed by atoms with E-state index < -0.39 is 0 Å². The van der Waals surface area contributed by atoms with E-state index in [-0.39, 0.29) is 0 Å². The van der Waals surface area contributed by atoms with Gasteiger partial charge in [-0.05, 0) is 54.3 Å². The molecule has 3 unspecified atom stereocenters. The minimum Gasteiger partial charge on any atom is -0.0619 e. The fourth-order valence-electron chi connectivity index (χ4n) is 4.19. The van der Waals surface area contributed by atoms with Gasteiger partial charge in [0, 0.05) is 0 Å². The zero-order valence-electron chi connectivity index (χ0n) is 6.61. The van der Waals surface area contributed by atoms with Crippen LogP contribution in [-0.2, 0) is 0 Å². The lowest BCUT2D eigenvalue weighted by molar-refractivity contribution is 0.589. The molecule has 4 saturated carbocycles. The largest absolute Gasteiger partial charge is 0.0619 e. The van der Waals surface area contributed by atoms with Crippen molar-refractivity contribution in [3.8, 4) is 0 Å². The SMILES string of the molecule is CC1CC12CC21CC12CC2. The number of hydrogen-bond donors (Lipinski definition) is 0. The quantitative estimate of drug-likeness (QED) is 0.477. The van der Waals surface area contributed by atoms with Crippen LogP contribution in [0.15, 0.2) is 0 Å². The molecule has 0 N–H and O–H groups in total. The third kappa shape index (κ3) is 0.245. The lowest BCUT2D eigenvalue weighted by Gasteiger charge is -1.88. The summed E-state index contributed by atoms with van der Waals surface area (Å²) in [6, 6.07) is 0. The Morgan fingerprint density at radius 2 is 1.90 bits per heavy atom. The van der Waals surface area contributed by atoms with Gasteiger partial charge in [0.05, 0.1) is 0 Å². The zero-order chi connectivity index (χ0) is 6.61. The average molecular weight is 134 g/mol. The van der Waals surface area contributed by atoms with Crippen LogP contribution in [0.2, 0.25) is 0 Å². The van der Waals surface area contributed by atoms with Crippen LogP contribution in [0.1, 0.15) is 39.0 Å². The molecule has 0 heteroatoms. The molecule has 4 rings (SSSR count).